The third-order valence-electron chi connectivity index (χ3n) is 4.71. The first-order valence-electron chi connectivity index (χ1n) is 8.82. The van der Waals surface area contributed by atoms with Crippen molar-refractivity contribution in [1.82, 2.24) is 15.1 Å². The maximum absolute atomic E-state index is 13.3. The van der Waals surface area contributed by atoms with Gasteiger partial charge in [0.25, 0.3) is 11.8 Å². The summed E-state index contributed by atoms with van der Waals surface area (Å²) in [5, 5.41) is 7.34. The average Bonchev–Trinajstić information content (AvgIpc) is 2.96. The monoisotopic (exact) mass is 386 g/mol. The molecule has 1 unspecified atom stereocenters. The summed E-state index contributed by atoms with van der Waals surface area (Å²) in [6.07, 6.45) is 1.31. The number of piperidine rings is 1. The van der Waals surface area contributed by atoms with Gasteiger partial charge in [-0.15, -0.1) is 0 Å². The summed E-state index contributed by atoms with van der Waals surface area (Å²) in [6, 6.07) is 5.02. The van der Waals surface area contributed by atoms with Crippen LogP contribution >= 0.6 is 0 Å². The molecule has 0 spiro atoms. The summed E-state index contributed by atoms with van der Waals surface area (Å²) < 4.78 is 54.2. The second-order valence-corrected chi connectivity index (χ2v) is 7.18. The predicted octanol–water partition coefficient (Wildman–Crippen LogP) is 3.43. The summed E-state index contributed by atoms with van der Waals surface area (Å²) in [5.74, 6) is -7.35. The molecule has 1 fully saturated rings. The highest BCUT2D eigenvalue weighted by molar-refractivity contribution is 5.84. The molecule has 2 aromatic rings. The lowest BCUT2D eigenvalue weighted by Crippen LogP contribution is -2.44. The lowest BCUT2D eigenvalue weighted by Gasteiger charge is -2.33. The molecule has 1 aliphatic heterocycles. The minimum atomic E-state index is -3.43. The van der Waals surface area contributed by atoms with Crippen LogP contribution in [-0.4, -0.2) is 46.7 Å². The fourth-order valence-electron chi connectivity index (χ4n) is 3.16. The molecule has 1 amide bonds. The van der Waals surface area contributed by atoms with E-state index in [1.165, 1.54) is 0 Å². The number of carbonyl (C=O) groups excluding carboxylic acids is 1. The van der Waals surface area contributed by atoms with Crippen molar-refractivity contribution in [2.45, 2.75) is 51.1 Å². The molecule has 0 radical (unpaired) electrons. The third-order valence-corrected chi connectivity index (χ3v) is 4.71. The Morgan fingerprint density at radius 1 is 1.33 bits per heavy atom. The molecule has 1 aromatic heterocycles. The van der Waals surface area contributed by atoms with Crippen LogP contribution in [0.5, 0.6) is 0 Å². The molecular formula is C18H22F4N4O. The highest BCUT2D eigenvalue weighted by atomic mass is 19.3. The normalized spacial score (nSPS) is 18.5. The molecule has 9 heteroatoms. The molecule has 5 nitrogen and oxygen atoms in total. The van der Waals surface area contributed by atoms with Gasteiger partial charge in [0.05, 0.1) is 18.3 Å². The predicted molar refractivity (Wildman–Crippen MR) is 94.4 cm³/mol. The molecule has 3 rings (SSSR count). The Hall–Kier alpha value is -2.32. The zero-order valence-corrected chi connectivity index (χ0v) is 15.2. The smallest absolute Gasteiger partial charge is 0.321 e. The molecule has 1 aromatic carbocycles. The van der Waals surface area contributed by atoms with Crippen molar-refractivity contribution < 1.29 is 22.4 Å². The zero-order chi connectivity index (χ0) is 19.8. The van der Waals surface area contributed by atoms with Gasteiger partial charge in [0.15, 0.2) is 0 Å². The van der Waals surface area contributed by atoms with Gasteiger partial charge in [-0.05, 0) is 25.1 Å². The van der Waals surface area contributed by atoms with E-state index >= 15 is 0 Å². The van der Waals surface area contributed by atoms with Crippen LogP contribution in [0.25, 0.3) is 10.9 Å². The highest BCUT2D eigenvalue weighted by Crippen LogP contribution is 2.31. The minimum Gasteiger partial charge on any atom is -0.371 e. The van der Waals surface area contributed by atoms with E-state index in [9.17, 15) is 22.4 Å². The summed E-state index contributed by atoms with van der Waals surface area (Å²) >= 11 is 0. The van der Waals surface area contributed by atoms with E-state index in [0.717, 1.165) is 16.6 Å². The van der Waals surface area contributed by atoms with Gasteiger partial charge < -0.3 is 10.2 Å². The number of nitrogens with zero attached hydrogens (tertiary/aromatic N) is 3. The molecule has 0 saturated carbocycles. The van der Waals surface area contributed by atoms with Crippen molar-refractivity contribution in [2.24, 2.45) is 0 Å². The first kappa shape index (κ1) is 19.4. The molecule has 27 heavy (non-hydrogen) atoms. The average molecular weight is 386 g/mol. The van der Waals surface area contributed by atoms with E-state index in [4.69, 9.17) is 0 Å². The minimum absolute atomic E-state index is 0.163. The van der Waals surface area contributed by atoms with E-state index < -0.39 is 23.8 Å². The number of aromatic nitrogens is 2. The first-order chi connectivity index (χ1) is 12.5. The van der Waals surface area contributed by atoms with E-state index in [1.54, 1.807) is 17.8 Å². The van der Waals surface area contributed by atoms with Crippen LogP contribution < -0.4 is 10.2 Å². The molecule has 1 atom stereocenters. The van der Waals surface area contributed by atoms with Crippen LogP contribution in [0.2, 0.25) is 0 Å². The zero-order valence-electron chi connectivity index (χ0n) is 15.2. The number of halogens is 4. The number of rotatable bonds is 5. The molecule has 148 valence electrons. The first-order valence-corrected chi connectivity index (χ1v) is 8.82. The lowest BCUT2D eigenvalue weighted by atomic mass is 10.1. The summed E-state index contributed by atoms with van der Waals surface area (Å²) in [5.41, 5.74) is 1.63. The molecule has 0 bridgehead atoms. The van der Waals surface area contributed by atoms with Crippen molar-refractivity contribution >= 4 is 22.5 Å². The van der Waals surface area contributed by atoms with Crippen molar-refractivity contribution in [3.05, 3.63) is 24.4 Å². The van der Waals surface area contributed by atoms with E-state index in [-0.39, 0.29) is 19.4 Å². The third kappa shape index (κ3) is 4.51. The van der Waals surface area contributed by atoms with Crippen molar-refractivity contribution in [1.29, 1.82) is 0 Å². The SMILES string of the molecule is CC(Cn1ncc2cc(N3CCC(F)(F)CC3)ccc21)NC(=O)C(C)(F)F. The van der Waals surface area contributed by atoms with E-state index in [0.29, 0.717) is 20.0 Å². The van der Waals surface area contributed by atoms with Crippen molar-refractivity contribution in [3.63, 3.8) is 0 Å². The van der Waals surface area contributed by atoms with Gasteiger partial charge in [0, 0.05) is 50.0 Å². The van der Waals surface area contributed by atoms with E-state index in [2.05, 4.69) is 10.4 Å². The highest BCUT2D eigenvalue weighted by Gasteiger charge is 2.34. The quantitative estimate of drug-likeness (QED) is 0.801. The summed E-state index contributed by atoms with van der Waals surface area (Å²) in [7, 11) is 0. The largest absolute Gasteiger partial charge is 0.371 e. The van der Waals surface area contributed by atoms with Gasteiger partial charge in [-0.2, -0.15) is 13.9 Å². The second-order valence-electron chi connectivity index (χ2n) is 7.18. The number of carbonyl (C=O) groups is 1. The fourth-order valence-corrected chi connectivity index (χ4v) is 3.16. The summed E-state index contributed by atoms with van der Waals surface area (Å²) in [4.78, 5) is 13.3. The number of alkyl halides is 4. The van der Waals surface area contributed by atoms with Crippen LogP contribution in [0.3, 0.4) is 0 Å². The van der Waals surface area contributed by atoms with Gasteiger partial charge in [-0.3, -0.25) is 9.48 Å². The Bertz CT molecular complexity index is 820. The fraction of sp³-hybridized carbons (Fsp3) is 0.556. The molecule has 1 saturated heterocycles. The van der Waals surface area contributed by atoms with Crippen molar-refractivity contribution in [2.75, 3.05) is 18.0 Å². The van der Waals surface area contributed by atoms with Gasteiger partial charge in [0.2, 0.25) is 0 Å². The number of hydrogen-bond donors (Lipinski definition) is 1. The number of amides is 1. The summed E-state index contributed by atoms with van der Waals surface area (Å²) in [6.45, 7) is 3.00. The van der Waals surface area contributed by atoms with Gasteiger partial charge in [-0.25, -0.2) is 8.78 Å². The van der Waals surface area contributed by atoms with Crippen LogP contribution in [-0.2, 0) is 11.3 Å². The van der Waals surface area contributed by atoms with Crippen LogP contribution in [0, 0.1) is 0 Å². The molecule has 0 aliphatic carbocycles. The van der Waals surface area contributed by atoms with Crippen LogP contribution in [0.4, 0.5) is 23.2 Å². The number of benzene rings is 1. The number of nitrogens with one attached hydrogen (secondary N) is 1. The van der Waals surface area contributed by atoms with Gasteiger partial charge in [0.1, 0.15) is 0 Å². The number of anilines is 1. The molecular weight excluding hydrogens is 364 g/mol. The number of hydrogen-bond acceptors (Lipinski definition) is 3. The lowest BCUT2D eigenvalue weighted by molar-refractivity contribution is -0.143. The van der Waals surface area contributed by atoms with Crippen molar-refractivity contribution in [3.8, 4) is 0 Å². The van der Waals surface area contributed by atoms with Crippen LogP contribution in [0.15, 0.2) is 24.4 Å². The Morgan fingerprint density at radius 3 is 2.63 bits per heavy atom. The maximum Gasteiger partial charge on any atom is 0.321 e. The Labute approximate surface area is 154 Å². The Kier molecular flexibility index (Phi) is 5.05. The molecule has 1 aliphatic rings. The van der Waals surface area contributed by atoms with Gasteiger partial charge in [-0.1, -0.05) is 0 Å². The maximum atomic E-state index is 13.3. The molecule has 1 N–H and O–H groups in total. The standard InChI is InChI=1S/C18H22F4N4O/c1-12(24-16(27)17(2,19)20)11-26-15-4-3-14(9-13(15)10-23-26)25-7-5-18(21,22)6-8-25/h3-4,9-10,12H,5-8,11H2,1-2H3,(H,24,27). The Balaban J connectivity index is 1.70. The topological polar surface area (TPSA) is 50.2 Å². The Morgan fingerprint density at radius 2 is 2.00 bits per heavy atom. The van der Waals surface area contributed by atoms with Gasteiger partial charge >= 0.3 is 5.92 Å². The molecule has 2 heterocycles. The van der Waals surface area contributed by atoms with E-state index in [1.807, 2.05) is 23.1 Å². The number of fused-ring (bicyclic) bond motifs is 1. The van der Waals surface area contributed by atoms with Crippen LogP contribution in [0.1, 0.15) is 26.7 Å². The second kappa shape index (κ2) is 7.01.